The van der Waals surface area contributed by atoms with Crippen LogP contribution in [0.1, 0.15) is 41.5 Å². The molecule has 1 aromatic heterocycles. The maximum atomic E-state index is 6.87. The van der Waals surface area contributed by atoms with Crippen LogP contribution in [-0.2, 0) is 50.0 Å². The number of para-hydroxylation sites is 1. The Morgan fingerprint density at radius 3 is 1.90 bits per heavy atom. The van der Waals surface area contributed by atoms with Gasteiger partial charge in [0.25, 0.3) is 0 Å². The average molecular weight is 678 g/mol. The molecule has 1 saturated heterocycles. The minimum Gasteiger partial charge on any atom is -0.380 e. The topological polar surface area (TPSA) is 91.2 Å². The van der Waals surface area contributed by atoms with E-state index in [9.17, 15) is 0 Å². The minimum atomic E-state index is -0.398. The first-order valence-electron chi connectivity index (χ1n) is 18.0. The number of rotatable bonds is 20. The second kappa shape index (κ2) is 19.5. The highest BCUT2D eigenvalue weighted by atomic mass is 16.7. The van der Waals surface area contributed by atoms with Crippen LogP contribution in [0.2, 0.25) is 0 Å². The van der Waals surface area contributed by atoms with Crippen LogP contribution in [0, 0.1) is 0 Å². The number of hydrogen-bond acceptors (Lipinski definition) is 7. The minimum absolute atomic E-state index is 0.228. The summed E-state index contributed by atoms with van der Waals surface area (Å²) in [6.45, 7) is 4.11. The summed E-state index contributed by atoms with van der Waals surface area (Å²) >= 11 is 0. The maximum Gasteiger partial charge on any atom is 0.113 e. The van der Waals surface area contributed by atoms with Crippen molar-refractivity contribution in [3.8, 4) is 0 Å². The number of aromatic nitrogens is 1. The Labute approximate surface area is 296 Å². The zero-order chi connectivity index (χ0) is 34.2. The summed E-state index contributed by atoms with van der Waals surface area (Å²) in [5.41, 5.74) is 11.4. The fourth-order valence-corrected chi connectivity index (χ4v) is 6.54. The van der Waals surface area contributed by atoms with Crippen LogP contribution in [0.4, 0.5) is 0 Å². The second-order valence-electron chi connectivity index (χ2n) is 12.9. The van der Waals surface area contributed by atoms with Crippen LogP contribution in [0.25, 0.3) is 10.9 Å². The van der Waals surface area contributed by atoms with Crippen molar-refractivity contribution in [3.63, 3.8) is 0 Å². The summed E-state index contributed by atoms with van der Waals surface area (Å²) in [7, 11) is 0. The molecule has 264 valence electrons. The summed E-state index contributed by atoms with van der Waals surface area (Å²) in [4.78, 5) is 10.1. The summed E-state index contributed by atoms with van der Waals surface area (Å²) in [5.74, 6) is 0. The number of aromatic amines is 1. The Morgan fingerprint density at radius 1 is 0.640 bits per heavy atom. The third-order valence-corrected chi connectivity index (χ3v) is 9.26. The third-order valence-electron chi connectivity index (χ3n) is 9.26. The lowest BCUT2D eigenvalue weighted by Gasteiger charge is -2.47. The van der Waals surface area contributed by atoms with E-state index in [1.54, 1.807) is 0 Å². The summed E-state index contributed by atoms with van der Waals surface area (Å²) in [6, 6.07) is 39.0. The van der Waals surface area contributed by atoms with Gasteiger partial charge in [-0.25, -0.2) is 0 Å². The normalized spacial score (nSPS) is 19.6. The molecule has 4 atom stereocenters. The predicted molar refractivity (Wildman–Crippen MR) is 197 cm³/mol. The number of nitrogens with zero attached hydrogens (tertiary/aromatic N) is 1. The van der Waals surface area contributed by atoms with Crippen LogP contribution < -0.4 is 5.73 Å². The summed E-state index contributed by atoms with van der Waals surface area (Å²) in [6.07, 6.45) is 4.73. The summed E-state index contributed by atoms with van der Waals surface area (Å²) in [5, 5.41) is 3.26. The zero-order valence-corrected chi connectivity index (χ0v) is 28.9. The molecule has 4 aromatic carbocycles. The van der Waals surface area contributed by atoms with Crippen molar-refractivity contribution in [1.29, 1.82) is 0 Å². The first kappa shape index (κ1) is 35.9. The lowest BCUT2D eigenvalue weighted by molar-refractivity contribution is -0.292. The number of fused-ring (bicyclic) bond motifs is 1. The molecule has 1 fully saturated rings. The van der Waals surface area contributed by atoms with Gasteiger partial charge in [0.2, 0.25) is 0 Å². The Morgan fingerprint density at radius 2 is 1.24 bits per heavy atom. The summed E-state index contributed by atoms with van der Waals surface area (Å²) < 4.78 is 26.8. The lowest BCUT2D eigenvalue weighted by Crippen LogP contribution is -2.64. The molecule has 0 amide bonds. The zero-order valence-electron chi connectivity index (χ0n) is 28.9. The van der Waals surface area contributed by atoms with Gasteiger partial charge in [-0.05, 0) is 60.5 Å². The number of hydroxylamine groups is 2. The van der Waals surface area contributed by atoms with Crippen molar-refractivity contribution in [1.82, 2.24) is 10.0 Å². The molecule has 6 rings (SSSR count). The molecule has 8 nitrogen and oxygen atoms in total. The molecule has 2 heterocycles. The van der Waals surface area contributed by atoms with Crippen molar-refractivity contribution in [2.24, 2.45) is 5.73 Å². The number of unbranched alkanes of at least 4 members (excludes halogenated alkanes) is 2. The van der Waals surface area contributed by atoms with Crippen molar-refractivity contribution in [2.45, 2.75) is 69.9 Å². The largest absolute Gasteiger partial charge is 0.380 e. The Bertz CT molecular complexity index is 1650. The van der Waals surface area contributed by atoms with E-state index in [4.69, 9.17) is 29.5 Å². The third kappa shape index (κ3) is 10.3. The molecule has 5 aromatic rings. The fourth-order valence-electron chi connectivity index (χ4n) is 6.54. The number of nitrogens with two attached hydrogens (primary N) is 1. The van der Waals surface area contributed by atoms with Crippen LogP contribution in [0.5, 0.6) is 0 Å². The molecule has 50 heavy (non-hydrogen) atoms. The van der Waals surface area contributed by atoms with Crippen LogP contribution >= 0.6 is 0 Å². The predicted octanol–water partition coefficient (Wildman–Crippen LogP) is 7.23. The Balaban J connectivity index is 1.26. The Kier molecular flexibility index (Phi) is 14.0. The monoisotopic (exact) mass is 677 g/mol. The second-order valence-corrected chi connectivity index (χ2v) is 12.9. The first-order chi connectivity index (χ1) is 24.8. The van der Waals surface area contributed by atoms with E-state index in [0.29, 0.717) is 52.7 Å². The molecule has 3 N–H and O–H groups in total. The van der Waals surface area contributed by atoms with Gasteiger partial charge in [0.05, 0.1) is 45.6 Å². The standard InChI is InChI=1S/C42H51N3O5/c43-24-13-4-14-25-46-32-39-41(48-30-34-17-7-2-8-18-34)42(49-31-35-19-9-3-10-20-35)40(47-29-33-15-5-1-6-16-33)28-45(39)50-26-23-36-27-44-38-22-12-11-21-37(36)38/h1-3,5-12,15-22,27,39-42,44H,4,13-14,23-26,28-32,43H2/t39-,40+,41-,42-/m1/s1. The van der Waals surface area contributed by atoms with Gasteiger partial charge >= 0.3 is 0 Å². The van der Waals surface area contributed by atoms with Crippen molar-refractivity contribution in [3.05, 3.63) is 144 Å². The van der Waals surface area contributed by atoms with Gasteiger partial charge in [-0.15, -0.1) is 0 Å². The quantitative estimate of drug-likeness (QED) is 0.0841. The number of nitrogens with one attached hydrogen (secondary N) is 1. The molecule has 1 aliphatic rings. The molecule has 0 aliphatic carbocycles. The van der Waals surface area contributed by atoms with Gasteiger partial charge in [0.15, 0.2) is 0 Å². The van der Waals surface area contributed by atoms with Crippen LogP contribution in [0.3, 0.4) is 0 Å². The van der Waals surface area contributed by atoms with E-state index in [1.165, 1.54) is 10.9 Å². The van der Waals surface area contributed by atoms with E-state index in [1.807, 2.05) is 59.7 Å². The molecule has 0 saturated carbocycles. The van der Waals surface area contributed by atoms with Crippen LogP contribution in [-0.4, -0.2) is 67.3 Å². The highest BCUT2D eigenvalue weighted by Crippen LogP contribution is 2.30. The van der Waals surface area contributed by atoms with E-state index in [0.717, 1.165) is 47.9 Å². The Hall–Kier alpha value is -3.86. The molecule has 8 heteroatoms. The van der Waals surface area contributed by atoms with Crippen molar-refractivity contribution in [2.75, 3.05) is 32.9 Å². The van der Waals surface area contributed by atoms with E-state index in [-0.39, 0.29) is 18.2 Å². The molecule has 0 bridgehead atoms. The van der Waals surface area contributed by atoms with Crippen molar-refractivity contribution < 1.29 is 23.8 Å². The molecular formula is C42H51N3O5. The number of hydrogen-bond donors (Lipinski definition) is 2. The highest BCUT2D eigenvalue weighted by molar-refractivity contribution is 5.83. The first-order valence-corrected chi connectivity index (χ1v) is 18.0. The van der Waals surface area contributed by atoms with E-state index < -0.39 is 6.10 Å². The molecule has 0 unspecified atom stereocenters. The van der Waals surface area contributed by atoms with E-state index in [2.05, 4.69) is 71.8 Å². The van der Waals surface area contributed by atoms with Gasteiger partial charge in [-0.1, -0.05) is 109 Å². The number of ether oxygens (including phenoxy) is 4. The number of H-pyrrole nitrogens is 1. The molecule has 0 spiro atoms. The van der Waals surface area contributed by atoms with Gasteiger partial charge in [0.1, 0.15) is 18.3 Å². The SMILES string of the molecule is NCCCCCOC[C@@H]1[C@@H](OCc2ccccc2)[C@H](OCc2ccccc2)[C@@H](OCc2ccccc2)CN1OCCc1c[nH]c2ccccc12. The van der Waals surface area contributed by atoms with Crippen LogP contribution in [0.15, 0.2) is 121 Å². The van der Waals surface area contributed by atoms with Gasteiger partial charge < -0.3 is 29.7 Å². The molecule has 1 aliphatic heterocycles. The van der Waals surface area contributed by atoms with Gasteiger partial charge in [-0.3, -0.25) is 4.84 Å². The average Bonchev–Trinajstić information content (AvgIpc) is 3.58. The molecular weight excluding hydrogens is 626 g/mol. The smallest absolute Gasteiger partial charge is 0.113 e. The lowest BCUT2D eigenvalue weighted by atomic mass is 9.94. The number of piperidine rings is 1. The van der Waals surface area contributed by atoms with E-state index >= 15 is 0 Å². The van der Waals surface area contributed by atoms with Crippen molar-refractivity contribution >= 4 is 10.9 Å². The molecule has 0 radical (unpaired) electrons. The van der Waals surface area contributed by atoms with Gasteiger partial charge in [0, 0.05) is 23.7 Å². The number of benzene rings is 4. The van der Waals surface area contributed by atoms with Gasteiger partial charge in [-0.2, -0.15) is 5.06 Å². The highest BCUT2D eigenvalue weighted by Gasteiger charge is 2.47. The maximum absolute atomic E-state index is 6.87. The fraction of sp³-hybridized carbons (Fsp3) is 0.381.